The Morgan fingerprint density at radius 3 is 2.50 bits per heavy atom. The lowest BCUT2D eigenvalue weighted by molar-refractivity contribution is 0.257. The van der Waals surface area contributed by atoms with Crippen LogP contribution in [-0.2, 0) is 0 Å². The van der Waals surface area contributed by atoms with Gasteiger partial charge in [0.25, 0.3) is 0 Å². The zero-order valence-electron chi connectivity index (χ0n) is 12.2. The summed E-state index contributed by atoms with van der Waals surface area (Å²) in [4.78, 5) is 14.2. The summed E-state index contributed by atoms with van der Waals surface area (Å²) in [5, 5.41) is 2.97. The van der Waals surface area contributed by atoms with Crippen molar-refractivity contribution in [2.24, 2.45) is 0 Å². The van der Waals surface area contributed by atoms with Gasteiger partial charge in [-0.3, -0.25) is 4.90 Å². The minimum absolute atomic E-state index is 0.104. The number of benzene rings is 2. The number of amides is 2. The van der Waals surface area contributed by atoms with Crippen molar-refractivity contribution in [3.63, 3.8) is 0 Å². The minimum atomic E-state index is -0.104. The van der Waals surface area contributed by atoms with E-state index in [2.05, 4.69) is 5.32 Å². The summed E-state index contributed by atoms with van der Waals surface area (Å²) in [5.74, 6) is 0. The standard InChI is InChI=1S/C17H20N2O/c1-4-19(15-10-7-8-13(2)12-15)17(20)18-16-11-6-5-9-14(16)3/h5-12H,4H2,1-3H3,(H,18,20). The minimum Gasteiger partial charge on any atom is -0.307 e. The fraction of sp³-hybridized carbons (Fsp3) is 0.235. The molecule has 2 aromatic carbocycles. The lowest BCUT2D eigenvalue weighted by Crippen LogP contribution is -2.35. The Kier molecular flexibility index (Phi) is 4.41. The highest BCUT2D eigenvalue weighted by Gasteiger charge is 2.14. The summed E-state index contributed by atoms with van der Waals surface area (Å²) in [7, 11) is 0. The molecule has 0 atom stereocenters. The molecule has 2 rings (SSSR count). The lowest BCUT2D eigenvalue weighted by Gasteiger charge is -2.22. The van der Waals surface area contributed by atoms with E-state index < -0.39 is 0 Å². The molecular weight excluding hydrogens is 248 g/mol. The second kappa shape index (κ2) is 6.24. The zero-order valence-corrected chi connectivity index (χ0v) is 12.2. The van der Waals surface area contributed by atoms with Gasteiger partial charge in [0, 0.05) is 17.9 Å². The van der Waals surface area contributed by atoms with Crippen LogP contribution in [0.5, 0.6) is 0 Å². The fourth-order valence-corrected chi connectivity index (χ4v) is 2.14. The molecule has 0 unspecified atom stereocenters. The van der Waals surface area contributed by atoms with E-state index in [1.54, 1.807) is 4.90 Å². The summed E-state index contributed by atoms with van der Waals surface area (Å²) in [5.41, 5.74) is 3.97. The number of carbonyl (C=O) groups is 1. The number of hydrogen-bond donors (Lipinski definition) is 1. The molecule has 0 aliphatic rings. The molecule has 3 nitrogen and oxygen atoms in total. The van der Waals surface area contributed by atoms with Crippen LogP contribution in [0, 0.1) is 13.8 Å². The Morgan fingerprint density at radius 2 is 1.85 bits per heavy atom. The number of nitrogens with one attached hydrogen (secondary N) is 1. The van der Waals surface area contributed by atoms with E-state index in [0.717, 1.165) is 22.5 Å². The Balaban J connectivity index is 2.20. The Morgan fingerprint density at radius 1 is 1.10 bits per heavy atom. The maximum Gasteiger partial charge on any atom is 0.326 e. The van der Waals surface area contributed by atoms with Crippen molar-refractivity contribution in [1.82, 2.24) is 0 Å². The predicted octanol–water partition coefficient (Wildman–Crippen LogP) is 4.36. The first-order valence-corrected chi connectivity index (χ1v) is 6.82. The van der Waals surface area contributed by atoms with Crippen LogP contribution in [-0.4, -0.2) is 12.6 Å². The average molecular weight is 268 g/mol. The van der Waals surface area contributed by atoms with Crippen LogP contribution in [0.1, 0.15) is 18.1 Å². The average Bonchev–Trinajstić information content (AvgIpc) is 2.42. The van der Waals surface area contributed by atoms with E-state index in [0.29, 0.717) is 6.54 Å². The molecule has 0 spiro atoms. The molecule has 2 aromatic rings. The second-order valence-corrected chi connectivity index (χ2v) is 4.83. The van der Waals surface area contributed by atoms with Crippen molar-refractivity contribution in [2.75, 3.05) is 16.8 Å². The normalized spacial score (nSPS) is 10.2. The highest BCUT2D eigenvalue weighted by atomic mass is 16.2. The van der Waals surface area contributed by atoms with Crippen molar-refractivity contribution >= 4 is 17.4 Å². The topological polar surface area (TPSA) is 32.3 Å². The smallest absolute Gasteiger partial charge is 0.307 e. The van der Waals surface area contributed by atoms with Crippen molar-refractivity contribution in [3.05, 3.63) is 59.7 Å². The van der Waals surface area contributed by atoms with Crippen LogP contribution < -0.4 is 10.2 Å². The highest BCUT2D eigenvalue weighted by molar-refractivity contribution is 6.02. The van der Waals surface area contributed by atoms with E-state index >= 15 is 0 Å². The van der Waals surface area contributed by atoms with Crippen molar-refractivity contribution < 1.29 is 4.79 Å². The quantitative estimate of drug-likeness (QED) is 0.881. The van der Waals surface area contributed by atoms with E-state index in [9.17, 15) is 4.79 Å². The molecule has 0 bridgehead atoms. The number of urea groups is 1. The number of nitrogens with zero attached hydrogens (tertiary/aromatic N) is 1. The van der Waals surface area contributed by atoms with Crippen LogP contribution >= 0.6 is 0 Å². The van der Waals surface area contributed by atoms with Gasteiger partial charge in [-0.2, -0.15) is 0 Å². The van der Waals surface area contributed by atoms with Crippen molar-refractivity contribution in [1.29, 1.82) is 0 Å². The Bertz CT molecular complexity index is 607. The molecule has 0 heterocycles. The zero-order chi connectivity index (χ0) is 14.5. The van der Waals surface area contributed by atoms with Crippen LogP contribution in [0.15, 0.2) is 48.5 Å². The molecule has 0 fully saturated rings. The van der Waals surface area contributed by atoms with Crippen molar-refractivity contribution in [3.8, 4) is 0 Å². The summed E-state index contributed by atoms with van der Waals surface area (Å²) < 4.78 is 0. The van der Waals surface area contributed by atoms with Gasteiger partial charge in [-0.1, -0.05) is 30.3 Å². The fourth-order valence-electron chi connectivity index (χ4n) is 2.14. The molecule has 0 aromatic heterocycles. The lowest BCUT2D eigenvalue weighted by atomic mass is 10.2. The summed E-state index contributed by atoms with van der Waals surface area (Å²) >= 11 is 0. The number of anilines is 2. The van der Waals surface area contributed by atoms with Gasteiger partial charge in [-0.05, 0) is 50.1 Å². The van der Waals surface area contributed by atoms with E-state index in [4.69, 9.17) is 0 Å². The molecule has 0 saturated carbocycles. The molecular formula is C17H20N2O. The third-order valence-corrected chi connectivity index (χ3v) is 3.26. The number of hydrogen-bond acceptors (Lipinski definition) is 1. The number of rotatable bonds is 3. The molecule has 0 aliphatic carbocycles. The third kappa shape index (κ3) is 3.18. The van der Waals surface area contributed by atoms with Crippen LogP contribution in [0.3, 0.4) is 0 Å². The monoisotopic (exact) mass is 268 g/mol. The Hall–Kier alpha value is -2.29. The SMILES string of the molecule is CCN(C(=O)Nc1ccccc1C)c1cccc(C)c1. The molecule has 1 N–H and O–H groups in total. The molecule has 3 heteroatoms. The van der Waals surface area contributed by atoms with Gasteiger partial charge in [0.15, 0.2) is 0 Å². The molecule has 104 valence electrons. The van der Waals surface area contributed by atoms with Gasteiger partial charge >= 0.3 is 6.03 Å². The first-order valence-electron chi connectivity index (χ1n) is 6.82. The maximum atomic E-state index is 12.4. The van der Waals surface area contributed by atoms with Crippen LogP contribution in [0.25, 0.3) is 0 Å². The third-order valence-electron chi connectivity index (χ3n) is 3.26. The van der Waals surface area contributed by atoms with Gasteiger partial charge in [0.2, 0.25) is 0 Å². The molecule has 0 aliphatic heterocycles. The van der Waals surface area contributed by atoms with E-state index in [1.807, 2.05) is 69.3 Å². The first-order chi connectivity index (χ1) is 9.61. The molecule has 2 amide bonds. The first kappa shape index (κ1) is 14.1. The predicted molar refractivity (Wildman–Crippen MR) is 84.4 cm³/mol. The number of carbonyl (C=O) groups excluding carboxylic acids is 1. The van der Waals surface area contributed by atoms with Crippen molar-refractivity contribution in [2.45, 2.75) is 20.8 Å². The van der Waals surface area contributed by atoms with Gasteiger partial charge < -0.3 is 5.32 Å². The largest absolute Gasteiger partial charge is 0.326 e. The van der Waals surface area contributed by atoms with Gasteiger partial charge in [0.1, 0.15) is 0 Å². The van der Waals surface area contributed by atoms with E-state index in [1.165, 1.54) is 0 Å². The number of para-hydroxylation sites is 1. The van der Waals surface area contributed by atoms with Gasteiger partial charge in [0.05, 0.1) is 0 Å². The maximum absolute atomic E-state index is 12.4. The number of aryl methyl sites for hydroxylation is 2. The van der Waals surface area contributed by atoms with E-state index in [-0.39, 0.29) is 6.03 Å². The highest BCUT2D eigenvalue weighted by Crippen LogP contribution is 2.19. The summed E-state index contributed by atoms with van der Waals surface area (Å²) in [6.45, 7) is 6.61. The molecule has 0 radical (unpaired) electrons. The summed E-state index contributed by atoms with van der Waals surface area (Å²) in [6.07, 6.45) is 0. The van der Waals surface area contributed by atoms with Crippen LogP contribution in [0.4, 0.5) is 16.2 Å². The van der Waals surface area contributed by atoms with Gasteiger partial charge in [-0.15, -0.1) is 0 Å². The Labute approximate surface area is 120 Å². The second-order valence-electron chi connectivity index (χ2n) is 4.83. The summed E-state index contributed by atoms with van der Waals surface area (Å²) in [6, 6.07) is 15.6. The van der Waals surface area contributed by atoms with Crippen LogP contribution in [0.2, 0.25) is 0 Å². The molecule has 0 saturated heterocycles. The van der Waals surface area contributed by atoms with Gasteiger partial charge in [-0.25, -0.2) is 4.79 Å². The molecule has 20 heavy (non-hydrogen) atoms.